The average Bonchev–Trinajstić information content (AvgIpc) is 2.31. The van der Waals surface area contributed by atoms with Crippen LogP contribution in [-0.2, 0) is 9.53 Å². The summed E-state index contributed by atoms with van der Waals surface area (Å²) in [6.07, 6.45) is 0.873. The van der Waals surface area contributed by atoms with E-state index in [2.05, 4.69) is 7.05 Å². The Balaban J connectivity index is 2.41. The molecule has 3 heteroatoms. The van der Waals surface area contributed by atoms with Gasteiger partial charge in [-0.05, 0) is 33.7 Å². The zero-order valence-corrected chi connectivity index (χ0v) is 8.67. The van der Waals surface area contributed by atoms with Crippen molar-refractivity contribution >= 4 is 5.97 Å². The molecule has 0 bridgehead atoms. The van der Waals surface area contributed by atoms with Gasteiger partial charge in [0, 0.05) is 13.6 Å². The molecule has 1 aliphatic heterocycles. The van der Waals surface area contributed by atoms with Crippen LogP contribution in [0.4, 0.5) is 0 Å². The minimum Gasteiger partial charge on any atom is -0.460 e. The van der Waals surface area contributed by atoms with Gasteiger partial charge in [-0.1, -0.05) is 0 Å². The maximum atomic E-state index is 11.5. The molecular weight excluding hydrogens is 166 g/mol. The minimum absolute atomic E-state index is 0.0247. The van der Waals surface area contributed by atoms with Crippen molar-refractivity contribution in [3.8, 4) is 0 Å². The lowest BCUT2D eigenvalue weighted by Crippen LogP contribution is -2.29. The van der Waals surface area contributed by atoms with Crippen molar-refractivity contribution in [1.82, 2.24) is 4.90 Å². The van der Waals surface area contributed by atoms with Gasteiger partial charge in [0.1, 0.15) is 5.60 Å². The predicted molar refractivity (Wildman–Crippen MR) is 50.9 cm³/mol. The van der Waals surface area contributed by atoms with E-state index < -0.39 is 0 Å². The summed E-state index contributed by atoms with van der Waals surface area (Å²) in [6.45, 7) is 7.30. The summed E-state index contributed by atoms with van der Waals surface area (Å²) in [5.74, 6) is -0.0598. The molecule has 13 heavy (non-hydrogen) atoms. The summed E-state index contributed by atoms with van der Waals surface area (Å²) in [4.78, 5) is 13.4. The molecule has 3 nitrogen and oxygen atoms in total. The Hall–Kier alpha value is -0.570. The number of nitrogens with zero attached hydrogens (tertiary/aromatic N) is 1. The lowest BCUT2D eigenvalue weighted by molar-refractivity contribution is -0.159. The number of hydrogen-bond acceptors (Lipinski definition) is 3. The molecular formula is C10H18NO2. The Labute approximate surface area is 80.1 Å². The lowest BCUT2D eigenvalue weighted by Gasteiger charge is -2.21. The zero-order chi connectivity index (χ0) is 10.1. The van der Waals surface area contributed by atoms with Crippen LogP contribution in [0.15, 0.2) is 0 Å². The van der Waals surface area contributed by atoms with Crippen LogP contribution < -0.4 is 0 Å². The third kappa shape index (κ3) is 3.35. The van der Waals surface area contributed by atoms with Gasteiger partial charge in [-0.15, -0.1) is 0 Å². The zero-order valence-electron chi connectivity index (χ0n) is 8.67. The number of carbonyl (C=O) groups excluding carboxylic acids is 1. The molecule has 1 aliphatic rings. The first-order chi connectivity index (χ1) is 5.88. The summed E-state index contributed by atoms with van der Waals surface area (Å²) in [6, 6.07) is 0. The summed E-state index contributed by atoms with van der Waals surface area (Å²) in [7, 11) is 3.79. The molecule has 0 aromatic heterocycles. The van der Waals surface area contributed by atoms with Crippen molar-refractivity contribution in [3.05, 3.63) is 7.05 Å². The molecule has 0 aliphatic carbocycles. The molecule has 1 rings (SSSR count). The average molecular weight is 184 g/mol. The molecule has 0 aromatic carbocycles. The second-order valence-electron chi connectivity index (χ2n) is 4.60. The van der Waals surface area contributed by atoms with Gasteiger partial charge in [-0.3, -0.25) is 4.79 Å². The second kappa shape index (κ2) is 3.66. The van der Waals surface area contributed by atoms with Crippen LogP contribution in [0.3, 0.4) is 0 Å². The van der Waals surface area contributed by atoms with Crippen molar-refractivity contribution in [1.29, 1.82) is 0 Å². The van der Waals surface area contributed by atoms with E-state index in [1.807, 2.05) is 25.7 Å². The summed E-state index contributed by atoms with van der Waals surface area (Å²) < 4.78 is 5.28. The molecule has 0 amide bonds. The van der Waals surface area contributed by atoms with Crippen molar-refractivity contribution in [2.75, 3.05) is 13.1 Å². The highest BCUT2D eigenvalue weighted by atomic mass is 16.6. The summed E-state index contributed by atoms with van der Waals surface area (Å²) in [5.41, 5.74) is -0.369. The standard InChI is InChI=1S/C10H18NO2/c1-10(2,3)13-9(12)8-5-6-11(4)7-8/h8H,4-7H2,1-3H3. The number of ether oxygens (including phenoxy) is 1. The summed E-state index contributed by atoms with van der Waals surface area (Å²) >= 11 is 0. The molecule has 1 fully saturated rings. The normalized spacial score (nSPS) is 24.8. The molecule has 1 unspecified atom stereocenters. The van der Waals surface area contributed by atoms with Crippen molar-refractivity contribution in [2.45, 2.75) is 32.8 Å². The van der Waals surface area contributed by atoms with E-state index in [4.69, 9.17) is 4.74 Å². The molecule has 1 atom stereocenters. The van der Waals surface area contributed by atoms with Crippen LogP contribution in [0, 0.1) is 13.0 Å². The largest absolute Gasteiger partial charge is 0.460 e. The SMILES string of the molecule is [CH2]N1CCC(C(=O)OC(C)(C)C)C1. The van der Waals surface area contributed by atoms with E-state index in [1.165, 1.54) is 0 Å². The molecule has 0 aromatic rings. The maximum absolute atomic E-state index is 11.5. The Morgan fingerprint density at radius 1 is 1.54 bits per heavy atom. The Bertz CT molecular complexity index is 196. The van der Waals surface area contributed by atoms with Crippen LogP contribution >= 0.6 is 0 Å². The van der Waals surface area contributed by atoms with Gasteiger partial charge in [0.25, 0.3) is 0 Å². The first kappa shape index (κ1) is 10.5. The third-order valence-corrected chi connectivity index (χ3v) is 2.01. The van der Waals surface area contributed by atoms with Gasteiger partial charge >= 0.3 is 5.97 Å². The highest BCUT2D eigenvalue weighted by Crippen LogP contribution is 2.19. The lowest BCUT2D eigenvalue weighted by atomic mass is 10.1. The topological polar surface area (TPSA) is 29.5 Å². The van der Waals surface area contributed by atoms with Crippen molar-refractivity contribution in [3.63, 3.8) is 0 Å². The van der Waals surface area contributed by atoms with Crippen LogP contribution in [0.25, 0.3) is 0 Å². The Morgan fingerprint density at radius 3 is 2.54 bits per heavy atom. The predicted octanol–water partition coefficient (Wildman–Crippen LogP) is 1.44. The van der Waals surface area contributed by atoms with E-state index in [1.54, 1.807) is 0 Å². The molecule has 0 saturated carbocycles. The number of likely N-dealkylation sites (tertiary alicyclic amines) is 1. The number of esters is 1. The quantitative estimate of drug-likeness (QED) is 0.577. The Kier molecular flexibility index (Phi) is 2.96. The number of rotatable bonds is 1. The molecule has 1 heterocycles. The second-order valence-corrected chi connectivity index (χ2v) is 4.60. The van der Waals surface area contributed by atoms with Crippen molar-refractivity contribution in [2.24, 2.45) is 5.92 Å². The third-order valence-electron chi connectivity index (χ3n) is 2.01. The van der Waals surface area contributed by atoms with Gasteiger partial charge in [0.05, 0.1) is 5.92 Å². The van der Waals surface area contributed by atoms with E-state index in [0.29, 0.717) is 0 Å². The first-order valence-electron chi connectivity index (χ1n) is 4.67. The first-order valence-corrected chi connectivity index (χ1v) is 4.67. The van der Waals surface area contributed by atoms with E-state index >= 15 is 0 Å². The van der Waals surface area contributed by atoms with Crippen LogP contribution in [-0.4, -0.2) is 29.6 Å². The molecule has 1 radical (unpaired) electrons. The number of hydrogen-bond donors (Lipinski definition) is 0. The van der Waals surface area contributed by atoms with Gasteiger partial charge in [0.15, 0.2) is 0 Å². The fourth-order valence-electron chi connectivity index (χ4n) is 1.41. The highest BCUT2D eigenvalue weighted by Gasteiger charge is 2.30. The number of carbonyl (C=O) groups is 1. The van der Waals surface area contributed by atoms with E-state index in [9.17, 15) is 4.79 Å². The van der Waals surface area contributed by atoms with Gasteiger partial charge in [-0.2, -0.15) is 0 Å². The van der Waals surface area contributed by atoms with Gasteiger partial charge < -0.3 is 9.64 Å². The highest BCUT2D eigenvalue weighted by molar-refractivity contribution is 5.73. The fraction of sp³-hybridized carbons (Fsp3) is 0.800. The van der Waals surface area contributed by atoms with Crippen molar-refractivity contribution < 1.29 is 9.53 Å². The minimum atomic E-state index is -0.369. The summed E-state index contributed by atoms with van der Waals surface area (Å²) in [5, 5.41) is 0. The van der Waals surface area contributed by atoms with Crippen LogP contribution in [0.1, 0.15) is 27.2 Å². The maximum Gasteiger partial charge on any atom is 0.310 e. The van der Waals surface area contributed by atoms with Crippen LogP contribution in [0.2, 0.25) is 0 Å². The molecule has 1 saturated heterocycles. The molecule has 75 valence electrons. The monoisotopic (exact) mass is 184 g/mol. The molecule has 0 N–H and O–H groups in total. The fourth-order valence-corrected chi connectivity index (χ4v) is 1.41. The van der Waals surface area contributed by atoms with Gasteiger partial charge in [0.2, 0.25) is 0 Å². The van der Waals surface area contributed by atoms with Gasteiger partial charge in [-0.25, -0.2) is 0 Å². The van der Waals surface area contributed by atoms with E-state index in [0.717, 1.165) is 19.5 Å². The van der Waals surface area contributed by atoms with E-state index in [-0.39, 0.29) is 17.5 Å². The Morgan fingerprint density at radius 2 is 2.15 bits per heavy atom. The smallest absolute Gasteiger partial charge is 0.310 e. The van der Waals surface area contributed by atoms with Crippen LogP contribution in [0.5, 0.6) is 0 Å². The molecule has 0 spiro atoms.